The van der Waals surface area contributed by atoms with Gasteiger partial charge in [0, 0.05) is 44.7 Å². The third-order valence-electron chi connectivity index (χ3n) is 4.29. The van der Waals surface area contributed by atoms with Crippen LogP contribution in [0.25, 0.3) is 16.8 Å². The molecule has 7 heteroatoms. The lowest BCUT2D eigenvalue weighted by atomic mass is 9.92. The molecule has 1 aliphatic heterocycles. The Hall–Kier alpha value is -1.92. The molecule has 0 spiro atoms. The van der Waals surface area contributed by atoms with Gasteiger partial charge in [-0.15, -0.1) is 0 Å². The van der Waals surface area contributed by atoms with Gasteiger partial charge < -0.3 is 20.3 Å². The summed E-state index contributed by atoms with van der Waals surface area (Å²) in [4.78, 5) is 19.5. The van der Waals surface area contributed by atoms with Gasteiger partial charge in [-0.3, -0.25) is 4.98 Å². The van der Waals surface area contributed by atoms with E-state index in [-0.39, 0.29) is 6.54 Å². The summed E-state index contributed by atoms with van der Waals surface area (Å²) in [5.74, 6) is 0. The predicted molar refractivity (Wildman–Crippen MR) is 117 cm³/mol. The van der Waals surface area contributed by atoms with E-state index in [1.165, 1.54) is 0 Å². The Bertz CT molecular complexity index is 894. The molecule has 0 radical (unpaired) electrons. The molecule has 2 heterocycles. The van der Waals surface area contributed by atoms with Crippen LogP contribution >= 0.6 is 23.2 Å². The SMILES string of the molecule is C=C1c2c(nc(C)c(CN)c2-c2ccc(Cl)cc2Cl)CN1CC=O.CN(C)C. The van der Waals surface area contributed by atoms with E-state index in [2.05, 4.69) is 11.6 Å². The van der Waals surface area contributed by atoms with Gasteiger partial charge in [0.25, 0.3) is 0 Å². The van der Waals surface area contributed by atoms with Crippen LogP contribution in [0.3, 0.4) is 0 Å². The maximum absolute atomic E-state index is 10.9. The van der Waals surface area contributed by atoms with E-state index < -0.39 is 0 Å². The largest absolute Gasteiger partial charge is 0.358 e. The Morgan fingerprint density at radius 2 is 1.93 bits per heavy atom. The number of nitrogens with two attached hydrogens (primary N) is 1. The molecule has 0 fully saturated rings. The molecule has 0 saturated carbocycles. The number of fused-ring (bicyclic) bond motifs is 1. The van der Waals surface area contributed by atoms with Crippen LogP contribution in [0.4, 0.5) is 0 Å². The summed E-state index contributed by atoms with van der Waals surface area (Å²) in [7, 11) is 6.00. The third kappa shape index (κ3) is 4.73. The Morgan fingerprint density at radius 1 is 1.29 bits per heavy atom. The van der Waals surface area contributed by atoms with Crippen molar-refractivity contribution in [2.24, 2.45) is 5.73 Å². The van der Waals surface area contributed by atoms with E-state index in [4.69, 9.17) is 28.9 Å². The van der Waals surface area contributed by atoms with Gasteiger partial charge in [-0.05, 0) is 45.8 Å². The number of carbonyl (C=O) groups excluding carboxylic acids is 1. The van der Waals surface area contributed by atoms with E-state index in [1.807, 2.05) is 43.9 Å². The summed E-state index contributed by atoms with van der Waals surface area (Å²) in [5, 5.41) is 1.12. The van der Waals surface area contributed by atoms with Crippen molar-refractivity contribution in [1.82, 2.24) is 14.8 Å². The number of aryl methyl sites for hydroxylation is 1. The molecule has 1 aromatic heterocycles. The second kappa shape index (κ2) is 9.52. The zero-order valence-corrected chi connectivity index (χ0v) is 18.2. The maximum Gasteiger partial charge on any atom is 0.139 e. The summed E-state index contributed by atoms with van der Waals surface area (Å²) >= 11 is 12.5. The number of aromatic nitrogens is 1. The van der Waals surface area contributed by atoms with Crippen molar-refractivity contribution in [1.29, 1.82) is 0 Å². The molecule has 0 aliphatic carbocycles. The first-order chi connectivity index (χ1) is 13.2. The second-order valence-corrected chi connectivity index (χ2v) is 7.88. The number of benzene rings is 1. The normalized spacial score (nSPS) is 12.7. The van der Waals surface area contributed by atoms with Gasteiger partial charge >= 0.3 is 0 Å². The highest BCUT2D eigenvalue weighted by atomic mass is 35.5. The van der Waals surface area contributed by atoms with Crippen LogP contribution < -0.4 is 5.73 Å². The molecule has 5 nitrogen and oxygen atoms in total. The Kier molecular flexibility index (Phi) is 7.61. The molecule has 2 aromatic rings. The molecule has 0 unspecified atom stereocenters. The van der Waals surface area contributed by atoms with Crippen molar-refractivity contribution >= 4 is 35.2 Å². The smallest absolute Gasteiger partial charge is 0.139 e. The lowest BCUT2D eigenvalue weighted by Gasteiger charge is -2.19. The summed E-state index contributed by atoms with van der Waals surface area (Å²) < 4.78 is 0. The standard InChI is InChI=1S/C18H17Cl2N3O.C3H9N/c1-10-14(8-21)18(13-4-3-12(19)7-15(13)20)17-11(2)23(5-6-24)9-16(17)22-10;1-4(2)3/h3-4,6-7H,2,5,8-9,21H2,1H3;1-3H3. The van der Waals surface area contributed by atoms with Crippen LogP contribution in [0.5, 0.6) is 0 Å². The average molecular weight is 421 g/mol. The fraction of sp³-hybridized carbons (Fsp3) is 0.333. The molecule has 0 bridgehead atoms. The van der Waals surface area contributed by atoms with Crippen molar-refractivity contribution in [2.45, 2.75) is 20.0 Å². The number of carbonyl (C=O) groups is 1. The van der Waals surface area contributed by atoms with Crippen molar-refractivity contribution in [3.8, 4) is 11.1 Å². The zero-order chi connectivity index (χ0) is 21.0. The molecule has 0 amide bonds. The number of pyridine rings is 1. The number of nitrogens with zero attached hydrogens (tertiary/aromatic N) is 3. The molecule has 28 heavy (non-hydrogen) atoms. The lowest BCUT2D eigenvalue weighted by Crippen LogP contribution is -2.17. The summed E-state index contributed by atoms with van der Waals surface area (Å²) in [6.45, 7) is 7.25. The molecule has 0 saturated heterocycles. The highest BCUT2D eigenvalue weighted by Gasteiger charge is 2.30. The predicted octanol–water partition coefficient (Wildman–Crippen LogP) is 3.99. The molecule has 150 valence electrons. The molecule has 1 aliphatic rings. The zero-order valence-electron chi connectivity index (χ0n) is 16.7. The minimum atomic E-state index is 0.278. The van der Waals surface area contributed by atoms with Crippen LogP contribution in [0, 0.1) is 6.92 Å². The van der Waals surface area contributed by atoms with Crippen LogP contribution in [0.1, 0.15) is 22.5 Å². The van der Waals surface area contributed by atoms with E-state index >= 15 is 0 Å². The molecule has 2 N–H and O–H groups in total. The Morgan fingerprint density at radius 3 is 2.46 bits per heavy atom. The quantitative estimate of drug-likeness (QED) is 0.757. The van der Waals surface area contributed by atoms with Crippen LogP contribution in [0.2, 0.25) is 10.0 Å². The van der Waals surface area contributed by atoms with Gasteiger partial charge in [-0.2, -0.15) is 0 Å². The van der Waals surface area contributed by atoms with Gasteiger partial charge in [0.15, 0.2) is 0 Å². The van der Waals surface area contributed by atoms with Gasteiger partial charge in [0.05, 0.1) is 18.8 Å². The minimum absolute atomic E-state index is 0.278. The van der Waals surface area contributed by atoms with E-state index in [1.54, 1.807) is 12.1 Å². The summed E-state index contributed by atoms with van der Waals surface area (Å²) in [5.41, 5.74) is 12.1. The lowest BCUT2D eigenvalue weighted by molar-refractivity contribution is -0.108. The monoisotopic (exact) mass is 420 g/mol. The number of rotatable bonds is 4. The number of hydrogen-bond donors (Lipinski definition) is 1. The van der Waals surface area contributed by atoms with Gasteiger partial charge in [-0.25, -0.2) is 0 Å². The second-order valence-electron chi connectivity index (χ2n) is 7.04. The molecule has 3 rings (SSSR count). The highest BCUT2D eigenvalue weighted by molar-refractivity contribution is 6.36. The van der Waals surface area contributed by atoms with Crippen molar-refractivity contribution < 1.29 is 4.79 Å². The number of hydrogen-bond acceptors (Lipinski definition) is 5. The van der Waals surface area contributed by atoms with Crippen molar-refractivity contribution in [2.75, 3.05) is 27.7 Å². The molecular formula is C21H26Cl2N4O. The summed E-state index contributed by atoms with van der Waals surface area (Å²) in [6.07, 6.45) is 0.864. The highest BCUT2D eigenvalue weighted by Crippen LogP contribution is 2.43. The number of aldehydes is 1. The van der Waals surface area contributed by atoms with E-state index in [0.29, 0.717) is 23.1 Å². The maximum atomic E-state index is 10.9. The average Bonchev–Trinajstić information content (AvgIpc) is 2.89. The van der Waals surface area contributed by atoms with E-state index in [9.17, 15) is 4.79 Å². The fourth-order valence-electron chi connectivity index (χ4n) is 3.17. The Labute approximate surface area is 176 Å². The van der Waals surface area contributed by atoms with Gasteiger partial charge in [0.1, 0.15) is 6.29 Å². The molecular weight excluding hydrogens is 395 g/mol. The first-order valence-corrected chi connectivity index (χ1v) is 9.63. The van der Waals surface area contributed by atoms with Crippen LogP contribution in [-0.2, 0) is 17.9 Å². The molecule has 1 aromatic carbocycles. The topological polar surface area (TPSA) is 62.5 Å². The summed E-state index contributed by atoms with van der Waals surface area (Å²) in [6, 6.07) is 5.39. The number of halogens is 2. The van der Waals surface area contributed by atoms with Crippen LogP contribution in [-0.4, -0.2) is 48.8 Å². The Balaban J connectivity index is 0.000000640. The van der Waals surface area contributed by atoms with Crippen molar-refractivity contribution in [3.63, 3.8) is 0 Å². The molecule has 0 atom stereocenters. The third-order valence-corrected chi connectivity index (χ3v) is 4.84. The van der Waals surface area contributed by atoms with Gasteiger partial charge in [0.2, 0.25) is 0 Å². The van der Waals surface area contributed by atoms with Crippen molar-refractivity contribution in [3.05, 3.63) is 57.3 Å². The van der Waals surface area contributed by atoms with E-state index in [0.717, 1.165) is 45.6 Å². The first-order valence-electron chi connectivity index (χ1n) is 8.87. The van der Waals surface area contributed by atoms with Gasteiger partial charge in [-0.1, -0.05) is 35.8 Å². The minimum Gasteiger partial charge on any atom is -0.358 e. The fourth-order valence-corrected chi connectivity index (χ4v) is 3.67. The van der Waals surface area contributed by atoms with Crippen LogP contribution in [0.15, 0.2) is 24.8 Å². The first kappa shape index (κ1) is 22.4.